The van der Waals surface area contributed by atoms with Gasteiger partial charge in [-0.25, -0.2) is 4.79 Å². The fraction of sp³-hybridized carbons (Fsp3) is 0.0625. The van der Waals surface area contributed by atoms with Crippen LogP contribution < -0.4 is 15.6 Å². The molecule has 0 aromatic heterocycles. The van der Waals surface area contributed by atoms with Gasteiger partial charge in [-0.2, -0.15) is 0 Å². The van der Waals surface area contributed by atoms with Crippen LogP contribution in [0.2, 0.25) is 0 Å². The quantitative estimate of drug-likeness (QED) is 0.459. The first kappa shape index (κ1) is 18.9. The summed E-state index contributed by atoms with van der Waals surface area (Å²) in [4.78, 5) is 33.2. The van der Waals surface area contributed by atoms with E-state index in [1.165, 1.54) is 0 Å². The molecule has 0 saturated heterocycles. The van der Waals surface area contributed by atoms with Gasteiger partial charge in [0.2, 0.25) is 0 Å². The zero-order chi connectivity index (χ0) is 18.4. The Labute approximate surface area is 159 Å². The third-order valence-corrected chi connectivity index (χ3v) is 4.25. The van der Waals surface area contributed by atoms with Crippen LogP contribution in [0.3, 0.4) is 0 Å². The Hall–Kier alpha value is -2.39. The molecule has 0 atom stereocenters. The van der Waals surface area contributed by atoms with Crippen LogP contribution in [0.15, 0.2) is 51.4 Å². The molecule has 0 fully saturated rings. The van der Waals surface area contributed by atoms with Crippen LogP contribution in [0.4, 0.5) is 0 Å². The minimum absolute atomic E-state index is 0.330. The summed E-state index contributed by atoms with van der Waals surface area (Å²) in [5.41, 5.74) is 4.15. The van der Waals surface area contributed by atoms with Gasteiger partial charge in [0.15, 0.2) is 6.61 Å². The van der Waals surface area contributed by atoms with Crippen molar-refractivity contribution in [3.05, 3.63) is 51.4 Å². The number of benzene rings is 2. The molecular weight excluding hydrogens is 460 g/mol. The lowest BCUT2D eigenvalue weighted by molar-refractivity contribution is -0.131. The SMILES string of the molecule is O=C(O)C=CC(=O)NNC(=O)COc1ccc2cc(Br)ccc2c1Br. The number of rotatable bonds is 5. The van der Waals surface area contributed by atoms with Gasteiger partial charge < -0.3 is 9.84 Å². The average Bonchev–Trinajstić information content (AvgIpc) is 2.57. The van der Waals surface area contributed by atoms with Gasteiger partial charge in [-0.15, -0.1) is 0 Å². The smallest absolute Gasteiger partial charge is 0.328 e. The molecule has 0 aliphatic carbocycles. The molecule has 0 unspecified atom stereocenters. The van der Waals surface area contributed by atoms with Crippen molar-refractivity contribution >= 4 is 60.4 Å². The van der Waals surface area contributed by atoms with E-state index < -0.39 is 17.8 Å². The second-order valence-corrected chi connectivity index (χ2v) is 6.45. The van der Waals surface area contributed by atoms with Gasteiger partial charge in [0.1, 0.15) is 5.75 Å². The predicted molar refractivity (Wildman–Crippen MR) is 97.9 cm³/mol. The number of carbonyl (C=O) groups excluding carboxylic acids is 2. The maximum Gasteiger partial charge on any atom is 0.328 e. The van der Waals surface area contributed by atoms with E-state index >= 15 is 0 Å². The number of nitrogens with one attached hydrogen (secondary N) is 2. The molecule has 9 heteroatoms. The highest BCUT2D eigenvalue weighted by atomic mass is 79.9. The molecule has 2 aromatic rings. The number of hydrazine groups is 1. The van der Waals surface area contributed by atoms with Gasteiger partial charge in [-0.3, -0.25) is 20.4 Å². The van der Waals surface area contributed by atoms with Crippen LogP contribution in [0.5, 0.6) is 5.75 Å². The third kappa shape index (κ3) is 5.57. The lowest BCUT2D eigenvalue weighted by atomic mass is 10.1. The van der Waals surface area contributed by atoms with Crippen LogP contribution in [0, 0.1) is 0 Å². The summed E-state index contributed by atoms with van der Waals surface area (Å²) in [6, 6.07) is 9.34. The van der Waals surface area contributed by atoms with E-state index in [1.54, 1.807) is 6.07 Å². The number of hydrogen-bond donors (Lipinski definition) is 3. The van der Waals surface area contributed by atoms with Crippen molar-refractivity contribution in [2.45, 2.75) is 0 Å². The van der Waals surface area contributed by atoms with Crippen LogP contribution in [0.25, 0.3) is 10.8 Å². The number of hydrogen-bond acceptors (Lipinski definition) is 4. The molecular formula is C16H12Br2N2O5. The molecule has 0 saturated carbocycles. The maximum absolute atomic E-state index is 11.7. The molecule has 3 N–H and O–H groups in total. The zero-order valence-corrected chi connectivity index (χ0v) is 15.8. The number of amides is 2. The number of ether oxygens (including phenoxy) is 1. The van der Waals surface area contributed by atoms with E-state index in [2.05, 4.69) is 37.3 Å². The Morgan fingerprint density at radius 1 is 1.08 bits per heavy atom. The lowest BCUT2D eigenvalue weighted by Crippen LogP contribution is -2.43. The average molecular weight is 472 g/mol. The molecule has 2 rings (SSSR count). The number of aliphatic carboxylic acids is 1. The number of carboxylic acids is 1. The molecule has 0 aliphatic rings. The van der Waals surface area contributed by atoms with E-state index in [0.717, 1.165) is 21.3 Å². The maximum atomic E-state index is 11.7. The number of halogens is 2. The molecule has 0 heterocycles. The van der Waals surface area contributed by atoms with Gasteiger partial charge in [0.05, 0.1) is 4.47 Å². The van der Waals surface area contributed by atoms with Crippen LogP contribution in [0.1, 0.15) is 0 Å². The van der Waals surface area contributed by atoms with Crippen LogP contribution in [-0.2, 0) is 14.4 Å². The van der Waals surface area contributed by atoms with Crippen molar-refractivity contribution in [2.24, 2.45) is 0 Å². The number of fused-ring (bicyclic) bond motifs is 1. The molecule has 0 spiro atoms. The van der Waals surface area contributed by atoms with E-state index in [-0.39, 0.29) is 6.61 Å². The molecule has 2 amide bonds. The van der Waals surface area contributed by atoms with Crippen LogP contribution >= 0.6 is 31.9 Å². The normalized spacial score (nSPS) is 10.6. The summed E-state index contributed by atoms with van der Waals surface area (Å²) >= 11 is 6.85. The largest absolute Gasteiger partial charge is 0.483 e. The van der Waals surface area contributed by atoms with Crippen molar-refractivity contribution in [2.75, 3.05) is 6.61 Å². The molecule has 0 bridgehead atoms. The zero-order valence-electron chi connectivity index (χ0n) is 12.6. The van der Waals surface area contributed by atoms with Gasteiger partial charge in [-0.05, 0) is 44.9 Å². The third-order valence-electron chi connectivity index (χ3n) is 2.94. The van der Waals surface area contributed by atoms with Crippen molar-refractivity contribution in [1.29, 1.82) is 0 Å². The molecule has 130 valence electrons. The van der Waals surface area contributed by atoms with E-state index in [9.17, 15) is 14.4 Å². The van der Waals surface area contributed by atoms with E-state index in [0.29, 0.717) is 16.3 Å². The van der Waals surface area contributed by atoms with Crippen LogP contribution in [-0.4, -0.2) is 29.5 Å². The standard InChI is InChI=1S/C16H12Br2N2O5/c17-10-2-3-11-9(7-10)1-4-12(16(11)18)25-8-14(22)20-19-13(21)5-6-15(23)24/h1-7H,8H2,(H,19,21)(H,20,22)(H,23,24). The Bertz CT molecular complexity index is 867. The fourth-order valence-electron chi connectivity index (χ4n) is 1.85. The Morgan fingerprint density at radius 3 is 2.56 bits per heavy atom. The van der Waals surface area contributed by atoms with Gasteiger partial charge in [0, 0.05) is 16.6 Å². The van der Waals surface area contributed by atoms with Crippen molar-refractivity contribution in [1.82, 2.24) is 10.9 Å². The summed E-state index contributed by atoms with van der Waals surface area (Å²) in [5, 5.41) is 10.3. The summed E-state index contributed by atoms with van der Waals surface area (Å²) in [5.74, 6) is -2.16. The highest BCUT2D eigenvalue weighted by molar-refractivity contribution is 9.11. The molecule has 0 aliphatic heterocycles. The summed E-state index contributed by atoms with van der Waals surface area (Å²) in [6.07, 6.45) is 1.43. The molecule has 25 heavy (non-hydrogen) atoms. The van der Waals surface area contributed by atoms with Gasteiger partial charge >= 0.3 is 5.97 Å². The van der Waals surface area contributed by atoms with E-state index in [4.69, 9.17) is 9.84 Å². The molecule has 0 radical (unpaired) electrons. The highest BCUT2D eigenvalue weighted by Gasteiger charge is 2.09. The second-order valence-electron chi connectivity index (χ2n) is 4.74. The fourth-order valence-corrected chi connectivity index (χ4v) is 2.84. The van der Waals surface area contributed by atoms with Gasteiger partial charge in [0.25, 0.3) is 11.8 Å². The number of carbonyl (C=O) groups is 3. The summed E-state index contributed by atoms with van der Waals surface area (Å²) in [7, 11) is 0. The molecule has 2 aromatic carbocycles. The second kappa shape index (κ2) is 8.63. The van der Waals surface area contributed by atoms with Crippen molar-refractivity contribution in [3.8, 4) is 5.75 Å². The van der Waals surface area contributed by atoms with Crippen molar-refractivity contribution < 1.29 is 24.2 Å². The minimum Gasteiger partial charge on any atom is -0.483 e. The van der Waals surface area contributed by atoms with Gasteiger partial charge in [-0.1, -0.05) is 28.1 Å². The van der Waals surface area contributed by atoms with Crippen molar-refractivity contribution in [3.63, 3.8) is 0 Å². The number of carboxylic acid groups (broad SMARTS) is 1. The first-order valence-corrected chi connectivity index (χ1v) is 8.46. The monoisotopic (exact) mass is 470 g/mol. The van der Waals surface area contributed by atoms with E-state index in [1.807, 2.05) is 29.7 Å². The predicted octanol–water partition coefficient (Wildman–Crippen LogP) is 2.53. The Kier molecular flexibility index (Phi) is 6.54. The topological polar surface area (TPSA) is 105 Å². The Morgan fingerprint density at radius 2 is 1.84 bits per heavy atom. The highest BCUT2D eigenvalue weighted by Crippen LogP contribution is 2.34. The first-order chi connectivity index (χ1) is 11.9. The summed E-state index contributed by atoms with van der Waals surface area (Å²) < 4.78 is 7.09. The lowest BCUT2D eigenvalue weighted by Gasteiger charge is -2.11. The minimum atomic E-state index is -1.27. The first-order valence-electron chi connectivity index (χ1n) is 6.87. The summed E-state index contributed by atoms with van der Waals surface area (Å²) in [6.45, 7) is -0.330. The molecule has 7 nitrogen and oxygen atoms in total. The Balaban J connectivity index is 1.92.